The lowest BCUT2D eigenvalue weighted by Gasteiger charge is -2.06. The van der Waals surface area contributed by atoms with Crippen molar-refractivity contribution in [2.24, 2.45) is 5.92 Å². The zero-order valence-electron chi connectivity index (χ0n) is 5.65. The Morgan fingerprint density at radius 3 is 2.27 bits per heavy atom. The highest BCUT2D eigenvalue weighted by molar-refractivity contribution is 5.13. The van der Waals surface area contributed by atoms with E-state index in [0.717, 1.165) is 12.8 Å². The van der Waals surface area contributed by atoms with Crippen molar-refractivity contribution in [3.05, 3.63) is 0 Å². The lowest BCUT2D eigenvalue weighted by Crippen LogP contribution is -2.26. The van der Waals surface area contributed by atoms with Gasteiger partial charge in [-0.15, -0.1) is 0 Å². The van der Waals surface area contributed by atoms with Crippen molar-refractivity contribution >= 4 is 0 Å². The Kier molecular flexibility index (Phi) is 2.10. The van der Waals surface area contributed by atoms with Gasteiger partial charge in [0.25, 0.3) is 0 Å². The van der Waals surface area contributed by atoms with Crippen LogP contribution < -0.4 is 0 Å². The minimum absolute atomic E-state index is 0.0898. The fourth-order valence-corrected chi connectivity index (χ4v) is 0.506. The van der Waals surface area contributed by atoms with Crippen LogP contribution in [-0.4, -0.2) is 17.4 Å². The first-order chi connectivity index (χ1) is 5.00. The van der Waals surface area contributed by atoms with E-state index in [1.807, 2.05) is 0 Å². The molecule has 1 nitrogen and oxygen atoms in total. The topological polar surface area (TPSA) is 20.2 Å². The highest BCUT2D eigenvalue weighted by atomic mass is 19.4. The van der Waals surface area contributed by atoms with E-state index in [9.17, 15) is 13.2 Å². The van der Waals surface area contributed by atoms with E-state index in [1.54, 1.807) is 5.92 Å². The highest BCUT2D eigenvalue weighted by Crippen LogP contribution is 2.28. The number of aliphatic hydroxyl groups excluding tert-OH is 1. The number of hydrogen-bond acceptors (Lipinski definition) is 1. The van der Waals surface area contributed by atoms with Crippen LogP contribution in [0.4, 0.5) is 13.2 Å². The van der Waals surface area contributed by atoms with E-state index in [-0.39, 0.29) is 5.92 Å². The monoisotopic (exact) mass is 164 g/mol. The number of halogens is 3. The predicted octanol–water partition coefficient (Wildman–Crippen LogP) is 1.32. The molecule has 0 saturated heterocycles. The van der Waals surface area contributed by atoms with E-state index in [2.05, 4.69) is 5.92 Å². The minimum Gasteiger partial charge on any atom is -0.372 e. The van der Waals surface area contributed by atoms with E-state index in [0.29, 0.717) is 0 Å². The van der Waals surface area contributed by atoms with Crippen LogP contribution in [0.25, 0.3) is 0 Å². The van der Waals surface area contributed by atoms with Crippen molar-refractivity contribution in [3.63, 3.8) is 0 Å². The third-order valence-corrected chi connectivity index (χ3v) is 1.31. The Labute approximate surface area is 62.2 Å². The van der Waals surface area contributed by atoms with Crippen LogP contribution in [0.1, 0.15) is 12.8 Å². The molecule has 0 aliphatic heterocycles. The van der Waals surface area contributed by atoms with Crippen LogP contribution in [0.3, 0.4) is 0 Å². The summed E-state index contributed by atoms with van der Waals surface area (Å²) in [4.78, 5) is 0. The van der Waals surface area contributed by atoms with Crippen molar-refractivity contribution < 1.29 is 18.3 Å². The zero-order valence-corrected chi connectivity index (χ0v) is 5.65. The molecule has 1 saturated carbocycles. The lowest BCUT2D eigenvalue weighted by molar-refractivity contribution is -0.184. The summed E-state index contributed by atoms with van der Waals surface area (Å²) in [6.45, 7) is 0. The number of aliphatic hydroxyl groups is 1. The zero-order chi connectivity index (χ0) is 8.48. The number of alkyl halides is 3. The van der Waals surface area contributed by atoms with Crippen molar-refractivity contribution in [2.75, 3.05) is 0 Å². The number of rotatable bonds is 0. The molecule has 0 aromatic rings. The second-order valence-electron chi connectivity index (χ2n) is 2.51. The standard InChI is InChI=1S/C7H7F3O/c8-7(9,10)6(11)4-3-5-1-2-5/h5-6,11H,1-2H2/t6-/m0/s1. The maximum Gasteiger partial charge on any atom is 0.425 e. The Hall–Kier alpha value is -0.690. The normalized spacial score (nSPS) is 20.4. The van der Waals surface area contributed by atoms with Gasteiger partial charge in [-0.2, -0.15) is 13.2 Å². The van der Waals surface area contributed by atoms with Crippen LogP contribution in [0.15, 0.2) is 0 Å². The van der Waals surface area contributed by atoms with Gasteiger partial charge in [0.15, 0.2) is 0 Å². The quantitative estimate of drug-likeness (QED) is 0.535. The van der Waals surface area contributed by atoms with Gasteiger partial charge in [-0.05, 0) is 12.8 Å². The van der Waals surface area contributed by atoms with Gasteiger partial charge in [-0.3, -0.25) is 0 Å². The van der Waals surface area contributed by atoms with Gasteiger partial charge in [0.1, 0.15) is 0 Å². The summed E-state index contributed by atoms with van der Waals surface area (Å²) in [5.41, 5.74) is 0. The third-order valence-electron chi connectivity index (χ3n) is 1.31. The molecular weight excluding hydrogens is 157 g/mol. The van der Waals surface area contributed by atoms with Gasteiger partial charge in [0.05, 0.1) is 0 Å². The van der Waals surface area contributed by atoms with Gasteiger partial charge in [-0.25, -0.2) is 0 Å². The van der Waals surface area contributed by atoms with Gasteiger partial charge >= 0.3 is 6.18 Å². The SMILES string of the molecule is O[C@@H](C#CC1CC1)C(F)(F)F. The Bertz CT molecular complexity index is 194. The van der Waals surface area contributed by atoms with Gasteiger partial charge in [0.2, 0.25) is 6.10 Å². The van der Waals surface area contributed by atoms with Crippen molar-refractivity contribution in [3.8, 4) is 11.8 Å². The van der Waals surface area contributed by atoms with Crippen LogP contribution in [-0.2, 0) is 0 Å². The molecule has 0 bridgehead atoms. The van der Waals surface area contributed by atoms with Gasteiger partial charge < -0.3 is 5.11 Å². The molecule has 62 valence electrons. The van der Waals surface area contributed by atoms with Crippen molar-refractivity contribution in [2.45, 2.75) is 25.1 Å². The maximum absolute atomic E-state index is 11.6. The van der Waals surface area contributed by atoms with Crippen LogP contribution in [0.2, 0.25) is 0 Å². The Morgan fingerprint density at radius 2 is 1.91 bits per heavy atom. The van der Waals surface area contributed by atoms with E-state index < -0.39 is 12.3 Å². The molecule has 1 aliphatic rings. The molecule has 1 atom stereocenters. The molecule has 0 aromatic carbocycles. The third kappa shape index (κ3) is 2.81. The van der Waals surface area contributed by atoms with E-state index >= 15 is 0 Å². The first-order valence-corrected chi connectivity index (χ1v) is 3.26. The van der Waals surface area contributed by atoms with Gasteiger partial charge in [0, 0.05) is 5.92 Å². The fraction of sp³-hybridized carbons (Fsp3) is 0.714. The second-order valence-corrected chi connectivity index (χ2v) is 2.51. The summed E-state index contributed by atoms with van der Waals surface area (Å²) in [7, 11) is 0. The second kappa shape index (κ2) is 2.74. The average molecular weight is 164 g/mol. The summed E-state index contributed by atoms with van der Waals surface area (Å²) in [6.07, 6.45) is -5.35. The van der Waals surface area contributed by atoms with Crippen LogP contribution in [0.5, 0.6) is 0 Å². The molecule has 1 N–H and O–H groups in total. The maximum atomic E-state index is 11.6. The summed E-state index contributed by atoms with van der Waals surface area (Å²) in [5.74, 6) is 4.20. The molecular formula is C7H7F3O. The molecule has 0 unspecified atom stereocenters. The smallest absolute Gasteiger partial charge is 0.372 e. The van der Waals surface area contributed by atoms with E-state index in [4.69, 9.17) is 5.11 Å². The summed E-state index contributed by atoms with van der Waals surface area (Å²) in [5, 5.41) is 8.36. The number of hydrogen-bond donors (Lipinski definition) is 1. The van der Waals surface area contributed by atoms with Gasteiger partial charge in [-0.1, -0.05) is 11.8 Å². The van der Waals surface area contributed by atoms with E-state index in [1.165, 1.54) is 0 Å². The van der Waals surface area contributed by atoms with Crippen molar-refractivity contribution in [1.82, 2.24) is 0 Å². The first-order valence-electron chi connectivity index (χ1n) is 3.26. The Morgan fingerprint density at radius 1 is 1.36 bits per heavy atom. The molecule has 0 aromatic heterocycles. The fourth-order valence-electron chi connectivity index (χ4n) is 0.506. The molecule has 0 spiro atoms. The Balaban J connectivity index is 2.42. The first kappa shape index (κ1) is 8.41. The summed E-state index contributed by atoms with van der Waals surface area (Å²) >= 11 is 0. The molecule has 1 rings (SSSR count). The summed E-state index contributed by atoms with van der Waals surface area (Å²) < 4.78 is 34.7. The average Bonchev–Trinajstić information content (AvgIpc) is 2.62. The molecule has 1 fully saturated rings. The summed E-state index contributed by atoms with van der Waals surface area (Å²) in [6, 6.07) is 0. The molecule has 0 radical (unpaired) electrons. The van der Waals surface area contributed by atoms with Crippen LogP contribution >= 0.6 is 0 Å². The molecule has 4 heteroatoms. The largest absolute Gasteiger partial charge is 0.425 e. The molecule has 0 heterocycles. The predicted molar refractivity (Wildman–Crippen MR) is 32.6 cm³/mol. The van der Waals surface area contributed by atoms with Crippen LogP contribution in [0, 0.1) is 17.8 Å². The minimum atomic E-state index is -4.60. The molecule has 11 heavy (non-hydrogen) atoms. The lowest BCUT2D eigenvalue weighted by atomic mass is 10.3. The molecule has 0 amide bonds. The molecule has 1 aliphatic carbocycles. The highest BCUT2D eigenvalue weighted by Gasteiger charge is 2.37. The van der Waals surface area contributed by atoms with Crippen molar-refractivity contribution in [1.29, 1.82) is 0 Å².